The minimum atomic E-state index is -0.318. The quantitative estimate of drug-likeness (QED) is 0.286. The van der Waals surface area contributed by atoms with E-state index in [1.165, 1.54) is 24.5 Å². The Balaban J connectivity index is 0.00000108. The Morgan fingerprint density at radius 1 is 1.09 bits per heavy atom. The van der Waals surface area contributed by atoms with Gasteiger partial charge in [-0.3, -0.25) is 4.79 Å². The van der Waals surface area contributed by atoms with Crippen LogP contribution in [0, 0.1) is 5.82 Å². The lowest BCUT2D eigenvalue weighted by molar-refractivity contribution is -0.111. The molecule has 0 atom stereocenters. The lowest BCUT2D eigenvalue weighted by Gasteiger charge is -2.12. The van der Waals surface area contributed by atoms with E-state index in [0.717, 1.165) is 5.39 Å². The van der Waals surface area contributed by atoms with Crippen molar-refractivity contribution >= 4 is 45.6 Å². The summed E-state index contributed by atoms with van der Waals surface area (Å²) >= 11 is 6.38. The van der Waals surface area contributed by atoms with Crippen LogP contribution in [0.3, 0.4) is 0 Å². The van der Waals surface area contributed by atoms with Crippen molar-refractivity contribution in [3.8, 4) is 5.75 Å². The van der Waals surface area contributed by atoms with Gasteiger partial charge < -0.3 is 20.7 Å². The van der Waals surface area contributed by atoms with Gasteiger partial charge in [0.25, 0.3) is 0 Å². The first-order valence-corrected chi connectivity index (χ1v) is 11.0. The molecular weight excluding hydrogens is 469 g/mol. The first-order chi connectivity index (χ1) is 16.9. The predicted octanol–water partition coefficient (Wildman–Crippen LogP) is 5.71. The number of fused-ring (bicyclic) bond motifs is 1. The van der Waals surface area contributed by atoms with Crippen LogP contribution in [0.5, 0.6) is 5.75 Å². The summed E-state index contributed by atoms with van der Waals surface area (Å²) in [5.74, 6) is 0.398. The average molecular weight is 494 g/mol. The van der Waals surface area contributed by atoms with E-state index in [9.17, 15) is 9.18 Å². The van der Waals surface area contributed by atoms with Crippen LogP contribution in [0.15, 0.2) is 79.6 Å². The van der Waals surface area contributed by atoms with Crippen LogP contribution in [0.2, 0.25) is 5.02 Å². The fraction of sp³-hybridized carbons (Fsp3) is 0.115. The largest absolute Gasteiger partial charge is 0.487 e. The summed E-state index contributed by atoms with van der Waals surface area (Å²) in [7, 11) is 3.75. The Morgan fingerprint density at radius 3 is 2.57 bits per heavy atom. The van der Waals surface area contributed by atoms with Crippen LogP contribution in [0.1, 0.15) is 5.56 Å². The molecule has 0 saturated carbocycles. The van der Waals surface area contributed by atoms with Crippen molar-refractivity contribution < 1.29 is 13.9 Å². The molecule has 1 aromatic heterocycles. The number of benzene rings is 3. The summed E-state index contributed by atoms with van der Waals surface area (Å²) < 4.78 is 19.0. The van der Waals surface area contributed by atoms with Crippen molar-refractivity contribution in [2.45, 2.75) is 6.61 Å². The molecule has 35 heavy (non-hydrogen) atoms. The lowest BCUT2D eigenvalue weighted by Crippen LogP contribution is -2.07. The van der Waals surface area contributed by atoms with Crippen LogP contribution in [-0.4, -0.2) is 30.0 Å². The molecule has 7 nitrogen and oxygen atoms in total. The second-order valence-corrected chi connectivity index (χ2v) is 7.74. The summed E-state index contributed by atoms with van der Waals surface area (Å²) in [5.41, 5.74) is 2.70. The highest BCUT2D eigenvalue weighted by Gasteiger charge is 2.09. The smallest absolute Gasteiger partial charge is 0.247 e. The number of ether oxygens (including phenoxy) is 1. The molecule has 0 radical (unpaired) electrons. The third-order valence-electron chi connectivity index (χ3n) is 4.57. The first-order valence-electron chi connectivity index (χ1n) is 10.6. The molecule has 0 spiro atoms. The summed E-state index contributed by atoms with van der Waals surface area (Å²) in [6.45, 7) is 3.65. The topological polar surface area (TPSA) is 88.2 Å². The Kier molecular flexibility index (Phi) is 9.11. The zero-order chi connectivity index (χ0) is 25.2. The van der Waals surface area contributed by atoms with Crippen LogP contribution < -0.4 is 20.7 Å². The highest BCUT2D eigenvalue weighted by molar-refractivity contribution is 6.32. The molecule has 0 bridgehead atoms. The van der Waals surface area contributed by atoms with Gasteiger partial charge in [0.2, 0.25) is 5.91 Å². The standard InChI is InChI=1S/C24H18ClFN4O2.C2H7N/c1-2-23(31)29-17-6-8-21-19(11-17)24(28-14-27-21)30-18-7-9-22(20(25)12-18)32-13-15-4-3-5-16(26)10-15;1-3-2/h2-12,14H,1,13H2,(H,29,31)(H,27,28,30);3H,1-2H3. The number of aromatic nitrogens is 2. The molecule has 4 aromatic rings. The number of carbonyl (C=O) groups excluding carboxylic acids is 1. The van der Waals surface area contributed by atoms with Gasteiger partial charge in [-0.05, 0) is 74.3 Å². The Bertz CT molecular complexity index is 1330. The van der Waals surface area contributed by atoms with E-state index < -0.39 is 0 Å². The zero-order valence-electron chi connectivity index (χ0n) is 19.3. The first kappa shape index (κ1) is 25.6. The molecule has 1 amide bonds. The molecule has 3 N–H and O–H groups in total. The van der Waals surface area contributed by atoms with E-state index in [-0.39, 0.29) is 18.3 Å². The van der Waals surface area contributed by atoms with Crippen LogP contribution in [0.4, 0.5) is 21.6 Å². The van der Waals surface area contributed by atoms with Crippen LogP contribution >= 0.6 is 11.6 Å². The maximum atomic E-state index is 13.3. The number of amides is 1. The molecule has 0 aliphatic carbocycles. The molecule has 9 heteroatoms. The number of hydrogen-bond donors (Lipinski definition) is 3. The number of halogens is 2. The van der Waals surface area contributed by atoms with Gasteiger partial charge >= 0.3 is 0 Å². The monoisotopic (exact) mass is 493 g/mol. The highest BCUT2D eigenvalue weighted by atomic mass is 35.5. The second-order valence-electron chi connectivity index (χ2n) is 7.34. The molecule has 0 aliphatic heterocycles. The van der Waals surface area contributed by atoms with Gasteiger partial charge in [0, 0.05) is 16.8 Å². The maximum Gasteiger partial charge on any atom is 0.247 e. The minimum absolute atomic E-state index is 0.194. The summed E-state index contributed by atoms with van der Waals surface area (Å²) in [5, 5.41) is 9.80. The molecule has 0 fully saturated rings. The van der Waals surface area contributed by atoms with Gasteiger partial charge in [-0.1, -0.05) is 30.3 Å². The normalized spacial score (nSPS) is 10.2. The van der Waals surface area contributed by atoms with E-state index in [4.69, 9.17) is 16.3 Å². The van der Waals surface area contributed by atoms with Gasteiger partial charge in [-0.15, -0.1) is 0 Å². The van der Waals surface area contributed by atoms with Crippen molar-refractivity contribution in [3.05, 3.63) is 96.0 Å². The third kappa shape index (κ3) is 7.23. The molecule has 3 aromatic carbocycles. The van der Waals surface area contributed by atoms with Gasteiger partial charge in [0.05, 0.1) is 10.5 Å². The maximum absolute atomic E-state index is 13.3. The molecule has 0 saturated heterocycles. The molecule has 0 unspecified atom stereocenters. The third-order valence-corrected chi connectivity index (χ3v) is 4.86. The van der Waals surface area contributed by atoms with Crippen molar-refractivity contribution in [1.29, 1.82) is 0 Å². The lowest BCUT2D eigenvalue weighted by atomic mass is 10.2. The Morgan fingerprint density at radius 2 is 1.86 bits per heavy atom. The Hall–Kier alpha value is -4.01. The number of nitrogens with zero attached hydrogens (tertiary/aromatic N) is 2. The van der Waals surface area contributed by atoms with Gasteiger partial charge in [0.1, 0.15) is 30.3 Å². The van der Waals surface area contributed by atoms with Crippen molar-refractivity contribution in [3.63, 3.8) is 0 Å². The fourth-order valence-corrected chi connectivity index (χ4v) is 3.28. The van der Waals surface area contributed by atoms with Crippen LogP contribution in [0.25, 0.3) is 10.9 Å². The second kappa shape index (κ2) is 12.5. The van der Waals surface area contributed by atoms with Crippen LogP contribution in [-0.2, 0) is 11.4 Å². The van der Waals surface area contributed by atoms with Crippen molar-refractivity contribution in [2.75, 3.05) is 24.7 Å². The zero-order valence-corrected chi connectivity index (χ0v) is 20.1. The molecule has 180 valence electrons. The number of carbonyl (C=O) groups is 1. The summed E-state index contributed by atoms with van der Waals surface area (Å²) in [4.78, 5) is 20.2. The van der Waals surface area contributed by atoms with Gasteiger partial charge in [-0.25, -0.2) is 14.4 Å². The molecular formula is C26H25ClFN5O2. The van der Waals surface area contributed by atoms with E-state index in [2.05, 4.69) is 32.5 Å². The van der Waals surface area contributed by atoms with E-state index in [0.29, 0.717) is 39.0 Å². The SMILES string of the molecule is C=CC(=O)Nc1ccc2ncnc(Nc3ccc(OCc4cccc(F)c4)c(Cl)c3)c2c1.CNC. The van der Waals surface area contributed by atoms with E-state index in [1.807, 2.05) is 14.1 Å². The van der Waals surface area contributed by atoms with Gasteiger partial charge in [-0.2, -0.15) is 0 Å². The fourth-order valence-electron chi connectivity index (χ4n) is 3.05. The number of anilines is 3. The van der Waals surface area contributed by atoms with Gasteiger partial charge in [0.15, 0.2) is 0 Å². The van der Waals surface area contributed by atoms with E-state index in [1.54, 1.807) is 48.5 Å². The Labute approximate surface area is 208 Å². The predicted molar refractivity (Wildman–Crippen MR) is 139 cm³/mol. The van der Waals surface area contributed by atoms with Crippen molar-refractivity contribution in [1.82, 2.24) is 15.3 Å². The molecule has 0 aliphatic rings. The average Bonchev–Trinajstić information content (AvgIpc) is 2.84. The van der Waals surface area contributed by atoms with E-state index >= 15 is 0 Å². The molecule has 4 rings (SSSR count). The highest BCUT2D eigenvalue weighted by Crippen LogP contribution is 2.31. The molecule has 1 heterocycles. The van der Waals surface area contributed by atoms with Crippen molar-refractivity contribution in [2.24, 2.45) is 0 Å². The number of nitrogens with one attached hydrogen (secondary N) is 3. The number of rotatable bonds is 7. The summed E-state index contributed by atoms with van der Waals surface area (Å²) in [6, 6.07) is 16.7. The number of hydrogen-bond acceptors (Lipinski definition) is 6. The summed E-state index contributed by atoms with van der Waals surface area (Å²) in [6.07, 6.45) is 2.65. The minimum Gasteiger partial charge on any atom is -0.487 e.